The van der Waals surface area contributed by atoms with E-state index in [1.54, 1.807) is 0 Å². The lowest BCUT2D eigenvalue weighted by molar-refractivity contribution is -0.187. The second kappa shape index (κ2) is 11.4. The summed E-state index contributed by atoms with van der Waals surface area (Å²) in [6.45, 7) is 10.8. The van der Waals surface area contributed by atoms with E-state index in [2.05, 4.69) is 32.8 Å². The number of nitrogens with zero attached hydrogens (tertiary/aromatic N) is 1. The van der Waals surface area contributed by atoms with Crippen LogP contribution in [0.15, 0.2) is 0 Å². The molecule has 2 nitrogen and oxygen atoms in total. The molecular formula is C14H31NO. The fourth-order valence-corrected chi connectivity index (χ4v) is 1.98. The van der Waals surface area contributed by atoms with Gasteiger partial charge in [0.15, 0.2) is 0 Å². The first-order valence-electron chi connectivity index (χ1n) is 7.19. The third-order valence-electron chi connectivity index (χ3n) is 2.96. The van der Waals surface area contributed by atoms with Gasteiger partial charge in [0.2, 0.25) is 0 Å². The third kappa shape index (κ3) is 7.24. The van der Waals surface area contributed by atoms with Gasteiger partial charge in [0, 0.05) is 12.6 Å². The minimum atomic E-state index is 0.636. The molecule has 0 rings (SSSR count). The molecule has 0 aromatic carbocycles. The minimum Gasteiger partial charge on any atom is -0.299 e. The van der Waals surface area contributed by atoms with E-state index in [1.165, 1.54) is 38.5 Å². The quantitative estimate of drug-likeness (QED) is 0.487. The number of hydrogen-bond donors (Lipinski definition) is 0. The van der Waals surface area contributed by atoms with Crippen molar-refractivity contribution in [2.24, 2.45) is 0 Å². The minimum absolute atomic E-state index is 0.636. The Morgan fingerprint density at radius 2 is 1.44 bits per heavy atom. The second-order valence-electron chi connectivity index (χ2n) is 4.50. The molecule has 0 aromatic rings. The molecule has 0 saturated heterocycles. The fourth-order valence-electron chi connectivity index (χ4n) is 1.98. The smallest absolute Gasteiger partial charge is 0.0682 e. The van der Waals surface area contributed by atoms with Crippen LogP contribution in [0.1, 0.15) is 72.6 Å². The van der Waals surface area contributed by atoms with Crippen LogP contribution in [-0.4, -0.2) is 24.3 Å². The molecular weight excluding hydrogens is 198 g/mol. The summed E-state index contributed by atoms with van der Waals surface area (Å²) in [7, 11) is 0. The highest BCUT2D eigenvalue weighted by atomic mass is 16.7. The largest absolute Gasteiger partial charge is 0.299 e. The second-order valence-corrected chi connectivity index (χ2v) is 4.50. The average Bonchev–Trinajstić information content (AvgIpc) is 2.32. The van der Waals surface area contributed by atoms with Gasteiger partial charge in [-0.2, -0.15) is 5.06 Å². The molecule has 0 N–H and O–H groups in total. The van der Waals surface area contributed by atoms with E-state index in [-0.39, 0.29) is 0 Å². The van der Waals surface area contributed by atoms with Crippen LogP contribution in [0.5, 0.6) is 0 Å². The topological polar surface area (TPSA) is 12.5 Å². The normalized spacial score (nSPS) is 11.6. The molecule has 0 unspecified atom stereocenters. The van der Waals surface area contributed by atoms with Gasteiger partial charge < -0.3 is 0 Å². The van der Waals surface area contributed by atoms with Crippen LogP contribution >= 0.6 is 0 Å². The highest BCUT2D eigenvalue weighted by molar-refractivity contribution is 4.65. The maximum Gasteiger partial charge on any atom is 0.0682 e. The highest BCUT2D eigenvalue weighted by Crippen LogP contribution is 2.16. The van der Waals surface area contributed by atoms with Crippen molar-refractivity contribution >= 4 is 0 Å². The van der Waals surface area contributed by atoms with Crippen molar-refractivity contribution in [3.8, 4) is 0 Å². The summed E-state index contributed by atoms with van der Waals surface area (Å²) in [6.07, 6.45) is 8.88. The zero-order chi connectivity index (χ0) is 12.2. The van der Waals surface area contributed by atoms with Crippen LogP contribution < -0.4 is 0 Å². The van der Waals surface area contributed by atoms with Gasteiger partial charge in [-0.05, 0) is 19.3 Å². The van der Waals surface area contributed by atoms with Crippen molar-refractivity contribution in [2.45, 2.75) is 78.7 Å². The zero-order valence-corrected chi connectivity index (χ0v) is 11.8. The van der Waals surface area contributed by atoms with E-state index < -0.39 is 0 Å². The molecule has 0 fully saturated rings. The van der Waals surface area contributed by atoms with Gasteiger partial charge in [-0.25, -0.2) is 0 Å². The molecule has 0 saturated carbocycles. The highest BCUT2D eigenvalue weighted by Gasteiger charge is 2.16. The van der Waals surface area contributed by atoms with E-state index in [9.17, 15) is 0 Å². The van der Waals surface area contributed by atoms with Crippen molar-refractivity contribution < 1.29 is 4.84 Å². The molecule has 0 aliphatic heterocycles. The van der Waals surface area contributed by atoms with Gasteiger partial charge in [-0.15, -0.1) is 0 Å². The fraction of sp³-hybridized carbons (Fsp3) is 1.00. The Balaban J connectivity index is 4.06. The molecule has 0 amide bonds. The summed E-state index contributed by atoms with van der Waals surface area (Å²) < 4.78 is 0. The molecule has 0 heterocycles. The number of hydroxylamine groups is 2. The van der Waals surface area contributed by atoms with Gasteiger partial charge >= 0.3 is 0 Å². The summed E-state index contributed by atoms with van der Waals surface area (Å²) in [5, 5.41) is 2.22. The molecule has 0 atom stereocenters. The lowest BCUT2D eigenvalue weighted by atomic mass is 10.0. The Hall–Kier alpha value is -0.0800. The number of unbranched alkanes of at least 4 members (excludes halogenated alkanes) is 2. The molecule has 0 aliphatic rings. The Morgan fingerprint density at radius 3 is 1.81 bits per heavy atom. The van der Waals surface area contributed by atoms with Crippen LogP contribution in [0.4, 0.5) is 0 Å². The number of rotatable bonds is 11. The van der Waals surface area contributed by atoms with Crippen LogP contribution in [0.25, 0.3) is 0 Å². The van der Waals surface area contributed by atoms with Crippen molar-refractivity contribution in [1.82, 2.24) is 5.06 Å². The van der Waals surface area contributed by atoms with E-state index in [0.717, 1.165) is 19.6 Å². The predicted molar refractivity (Wildman–Crippen MR) is 71.5 cm³/mol. The van der Waals surface area contributed by atoms with Crippen LogP contribution in [0.3, 0.4) is 0 Å². The molecule has 0 bridgehead atoms. The van der Waals surface area contributed by atoms with E-state index in [1.807, 2.05) is 0 Å². The third-order valence-corrected chi connectivity index (χ3v) is 2.96. The average molecular weight is 229 g/mol. The SMILES string of the molecule is CCCCC(CCCC)N(CC)OCCC. The van der Waals surface area contributed by atoms with Gasteiger partial charge in [-0.1, -0.05) is 53.4 Å². The maximum absolute atomic E-state index is 5.83. The Morgan fingerprint density at radius 1 is 0.875 bits per heavy atom. The first-order valence-corrected chi connectivity index (χ1v) is 7.19. The van der Waals surface area contributed by atoms with E-state index in [0.29, 0.717) is 6.04 Å². The van der Waals surface area contributed by atoms with Gasteiger partial charge in [0.05, 0.1) is 6.61 Å². The molecule has 0 radical (unpaired) electrons. The molecule has 98 valence electrons. The van der Waals surface area contributed by atoms with Gasteiger partial charge in [0.25, 0.3) is 0 Å². The first kappa shape index (κ1) is 15.9. The summed E-state index contributed by atoms with van der Waals surface area (Å²) in [5.41, 5.74) is 0. The molecule has 0 aromatic heterocycles. The molecule has 0 spiro atoms. The number of hydrogen-bond acceptors (Lipinski definition) is 2. The summed E-state index contributed by atoms with van der Waals surface area (Å²) in [5.74, 6) is 0. The van der Waals surface area contributed by atoms with E-state index in [4.69, 9.17) is 4.84 Å². The van der Waals surface area contributed by atoms with Crippen LogP contribution in [-0.2, 0) is 4.84 Å². The lowest BCUT2D eigenvalue weighted by Gasteiger charge is -2.29. The predicted octanol–water partition coefficient (Wildman–Crippen LogP) is 4.40. The summed E-state index contributed by atoms with van der Waals surface area (Å²) in [4.78, 5) is 5.83. The first-order chi connectivity index (χ1) is 7.79. The van der Waals surface area contributed by atoms with Crippen LogP contribution in [0, 0.1) is 0 Å². The Bertz CT molecular complexity index is 131. The van der Waals surface area contributed by atoms with Crippen LogP contribution in [0.2, 0.25) is 0 Å². The van der Waals surface area contributed by atoms with Crippen molar-refractivity contribution in [3.05, 3.63) is 0 Å². The zero-order valence-electron chi connectivity index (χ0n) is 11.8. The van der Waals surface area contributed by atoms with Crippen molar-refractivity contribution in [1.29, 1.82) is 0 Å². The summed E-state index contributed by atoms with van der Waals surface area (Å²) in [6, 6.07) is 0.636. The van der Waals surface area contributed by atoms with Crippen molar-refractivity contribution in [3.63, 3.8) is 0 Å². The Labute approximate surface area is 102 Å². The molecule has 2 heteroatoms. The van der Waals surface area contributed by atoms with E-state index >= 15 is 0 Å². The maximum atomic E-state index is 5.83. The van der Waals surface area contributed by atoms with Gasteiger partial charge in [-0.3, -0.25) is 4.84 Å². The van der Waals surface area contributed by atoms with Gasteiger partial charge in [0.1, 0.15) is 0 Å². The van der Waals surface area contributed by atoms with Crippen molar-refractivity contribution in [2.75, 3.05) is 13.2 Å². The standard InChI is InChI=1S/C14H31NO/c1-5-9-11-14(12-10-6-2)15(8-4)16-13-7-3/h14H,5-13H2,1-4H3. The molecule has 16 heavy (non-hydrogen) atoms. The Kier molecular flexibility index (Phi) is 11.3. The summed E-state index contributed by atoms with van der Waals surface area (Å²) >= 11 is 0. The lowest BCUT2D eigenvalue weighted by Crippen LogP contribution is -2.35. The monoisotopic (exact) mass is 229 g/mol. The molecule has 0 aliphatic carbocycles.